The van der Waals surface area contributed by atoms with Gasteiger partial charge in [-0.3, -0.25) is 0 Å². The molecule has 0 unspecified atom stereocenters. The largest absolute Gasteiger partial charge is 0.464 e. The summed E-state index contributed by atoms with van der Waals surface area (Å²) in [4.78, 5) is 4.63. The first kappa shape index (κ1) is 20.5. The number of rotatable bonds is 6. The van der Waals surface area contributed by atoms with Gasteiger partial charge >= 0.3 is 0 Å². The second-order valence-corrected chi connectivity index (χ2v) is 8.32. The summed E-state index contributed by atoms with van der Waals surface area (Å²) in [5, 5.41) is 3.45. The second kappa shape index (κ2) is 9.80. The van der Waals surface area contributed by atoms with Crippen molar-refractivity contribution in [3.05, 3.63) is 120 Å². The Morgan fingerprint density at radius 2 is 1.34 bits per heavy atom. The summed E-state index contributed by atoms with van der Waals surface area (Å²) >= 11 is 0. The highest BCUT2D eigenvalue weighted by molar-refractivity contribution is 5.68. The molecule has 32 heavy (non-hydrogen) atoms. The normalized spacial score (nSPS) is 14.4. The lowest BCUT2D eigenvalue weighted by atomic mass is 9.89. The highest BCUT2D eigenvalue weighted by Gasteiger charge is 2.19. The summed E-state index contributed by atoms with van der Waals surface area (Å²) in [6.07, 6.45) is 3.99. The number of pyridine rings is 1. The van der Waals surface area contributed by atoms with Crippen molar-refractivity contribution < 1.29 is 4.74 Å². The van der Waals surface area contributed by atoms with E-state index in [1.165, 1.54) is 18.4 Å². The van der Waals surface area contributed by atoms with Crippen molar-refractivity contribution in [2.45, 2.75) is 24.9 Å². The fraction of sp³-hybridized carbons (Fsp3) is 0.207. The van der Waals surface area contributed by atoms with Crippen LogP contribution in [0.3, 0.4) is 0 Å². The summed E-state index contributed by atoms with van der Waals surface area (Å²) in [6.45, 7) is 2.21. The zero-order valence-electron chi connectivity index (χ0n) is 18.2. The quantitative estimate of drug-likeness (QED) is 0.393. The summed E-state index contributed by atoms with van der Waals surface area (Å²) < 4.78 is 6.60. The number of nitrogens with one attached hydrogen (secondary N) is 1. The Labute approximate surface area is 190 Å². The Morgan fingerprint density at radius 3 is 1.97 bits per heavy atom. The zero-order valence-corrected chi connectivity index (χ0v) is 18.2. The molecule has 0 radical (unpaired) electrons. The van der Waals surface area contributed by atoms with Gasteiger partial charge in [0.05, 0.1) is 0 Å². The fourth-order valence-electron chi connectivity index (χ4n) is 4.49. The molecule has 0 saturated carbocycles. The third-order valence-electron chi connectivity index (χ3n) is 6.24. The Kier molecular flexibility index (Phi) is 6.27. The molecule has 1 aliphatic heterocycles. The SMILES string of the molecule is c1ccc(C(Oc2ncccc2-c2ccc(C3CCNCC3)cc2)c2ccccc2)cc1. The van der Waals surface area contributed by atoms with Gasteiger partial charge in [-0.05, 0) is 66.2 Å². The van der Waals surface area contributed by atoms with E-state index in [2.05, 4.69) is 64.9 Å². The summed E-state index contributed by atoms with van der Waals surface area (Å²) in [5.74, 6) is 1.30. The number of nitrogens with zero attached hydrogens (tertiary/aromatic N) is 1. The van der Waals surface area contributed by atoms with Crippen LogP contribution < -0.4 is 10.1 Å². The van der Waals surface area contributed by atoms with E-state index in [0.29, 0.717) is 11.8 Å². The van der Waals surface area contributed by atoms with Gasteiger partial charge in [-0.15, -0.1) is 0 Å². The summed E-state index contributed by atoms with van der Waals surface area (Å²) in [5.41, 5.74) is 5.79. The average molecular weight is 421 g/mol. The molecular formula is C29H28N2O. The van der Waals surface area contributed by atoms with Gasteiger partial charge in [0.25, 0.3) is 0 Å². The monoisotopic (exact) mass is 420 g/mol. The van der Waals surface area contributed by atoms with Crippen LogP contribution in [0.5, 0.6) is 5.88 Å². The molecule has 1 aliphatic rings. The van der Waals surface area contributed by atoms with Gasteiger partial charge in [-0.2, -0.15) is 0 Å². The van der Waals surface area contributed by atoms with Crippen LogP contribution in [0.4, 0.5) is 0 Å². The molecule has 0 aliphatic carbocycles. The molecule has 0 spiro atoms. The van der Waals surface area contributed by atoms with Gasteiger partial charge in [0, 0.05) is 11.8 Å². The Bertz CT molecular complexity index is 1080. The lowest BCUT2D eigenvalue weighted by Crippen LogP contribution is -2.26. The minimum absolute atomic E-state index is 0.222. The standard InChI is InChI=1S/C29H28N2O/c1-3-8-25(9-4-1)28(26-10-5-2-6-11-26)32-29-27(12-7-19-31-29)24-15-13-22(14-16-24)23-17-20-30-21-18-23/h1-16,19,23,28,30H,17-18,20-21H2. The molecule has 160 valence electrons. The maximum absolute atomic E-state index is 6.60. The molecule has 3 heteroatoms. The lowest BCUT2D eigenvalue weighted by Gasteiger charge is -2.23. The van der Waals surface area contributed by atoms with Gasteiger partial charge < -0.3 is 10.1 Å². The number of hydrogen-bond acceptors (Lipinski definition) is 3. The van der Waals surface area contributed by atoms with E-state index in [1.807, 2.05) is 42.5 Å². The number of benzene rings is 3. The van der Waals surface area contributed by atoms with Gasteiger partial charge in [-0.25, -0.2) is 4.98 Å². The number of piperidine rings is 1. The Morgan fingerprint density at radius 1 is 0.719 bits per heavy atom. The first-order valence-corrected chi connectivity index (χ1v) is 11.4. The van der Waals surface area contributed by atoms with E-state index in [0.717, 1.165) is 35.3 Å². The van der Waals surface area contributed by atoms with Gasteiger partial charge in [0.2, 0.25) is 5.88 Å². The maximum atomic E-state index is 6.60. The molecule has 5 rings (SSSR count). The van der Waals surface area contributed by atoms with E-state index >= 15 is 0 Å². The van der Waals surface area contributed by atoms with Crippen LogP contribution in [0, 0.1) is 0 Å². The van der Waals surface area contributed by atoms with Crippen molar-refractivity contribution in [1.82, 2.24) is 10.3 Å². The van der Waals surface area contributed by atoms with Gasteiger partial charge in [0.1, 0.15) is 0 Å². The molecule has 0 atom stereocenters. The van der Waals surface area contributed by atoms with Crippen molar-refractivity contribution in [1.29, 1.82) is 0 Å². The summed E-state index contributed by atoms with van der Waals surface area (Å²) in [6, 6.07) is 33.7. The molecule has 3 nitrogen and oxygen atoms in total. The molecule has 1 N–H and O–H groups in total. The van der Waals surface area contributed by atoms with Crippen LogP contribution in [0.2, 0.25) is 0 Å². The Balaban J connectivity index is 1.46. The van der Waals surface area contributed by atoms with E-state index in [1.54, 1.807) is 6.20 Å². The van der Waals surface area contributed by atoms with Crippen molar-refractivity contribution in [2.24, 2.45) is 0 Å². The molecule has 1 saturated heterocycles. The highest BCUT2D eigenvalue weighted by atomic mass is 16.5. The number of ether oxygens (including phenoxy) is 1. The first-order chi connectivity index (χ1) is 15.9. The third kappa shape index (κ3) is 4.58. The molecule has 3 aromatic carbocycles. The molecule has 1 fully saturated rings. The number of aromatic nitrogens is 1. The van der Waals surface area contributed by atoms with E-state index in [9.17, 15) is 0 Å². The van der Waals surface area contributed by atoms with Crippen LogP contribution in [0.25, 0.3) is 11.1 Å². The van der Waals surface area contributed by atoms with E-state index in [-0.39, 0.29) is 6.10 Å². The first-order valence-electron chi connectivity index (χ1n) is 11.4. The molecule has 4 aromatic rings. The molecule has 1 aromatic heterocycles. The zero-order chi connectivity index (χ0) is 21.6. The maximum Gasteiger partial charge on any atom is 0.222 e. The predicted molar refractivity (Wildman–Crippen MR) is 130 cm³/mol. The van der Waals surface area contributed by atoms with Crippen molar-refractivity contribution in [3.63, 3.8) is 0 Å². The van der Waals surface area contributed by atoms with Crippen LogP contribution >= 0.6 is 0 Å². The van der Waals surface area contributed by atoms with Crippen LogP contribution in [-0.2, 0) is 0 Å². The smallest absolute Gasteiger partial charge is 0.222 e. The van der Waals surface area contributed by atoms with E-state index in [4.69, 9.17) is 4.74 Å². The van der Waals surface area contributed by atoms with Crippen LogP contribution in [0.15, 0.2) is 103 Å². The average Bonchev–Trinajstić information content (AvgIpc) is 2.89. The third-order valence-corrected chi connectivity index (χ3v) is 6.24. The van der Waals surface area contributed by atoms with Crippen molar-refractivity contribution in [3.8, 4) is 17.0 Å². The van der Waals surface area contributed by atoms with Crippen molar-refractivity contribution in [2.75, 3.05) is 13.1 Å². The Hall–Kier alpha value is -3.43. The lowest BCUT2D eigenvalue weighted by molar-refractivity contribution is 0.238. The molecule has 0 amide bonds. The second-order valence-electron chi connectivity index (χ2n) is 8.32. The molecule has 2 heterocycles. The fourth-order valence-corrected chi connectivity index (χ4v) is 4.49. The minimum Gasteiger partial charge on any atom is -0.464 e. The summed E-state index contributed by atoms with van der Waals surface area (Å²) in [7, 11) is 0. The number of hydrogen-bond donors (Lipinski definition) is 1. The van der Waals surface area contributed by atoms with E-state index < -0.39 is 0 Å². The van der Waals surface area contributed by atoms with Gasteiger partial charge in [-0.1, -0.05) is 84.9 Å². The van der Waals surface area contributed by atoms with Crippen molar-refractivity contribution >= 4 is 0 Å². The molecule has 0 bridgehead atoms. The topological polar surface area (TPSA) is 34.1 Å². The predicted octanol–water partition coefficient (Wildman–Crippen LogP) is 6.38. The van der Waals surface area contributed by atoms with Crippen LogP contribution in [-0.4, -0.2) is 18.1 Å². The van der Waals surface area contributed by atoms with Crippen LogP contribution in [0.1, 0.15) is 41.6 Å². The molecular weight excluding hydrogens is 392 g/mol. The minimum atomic E-state index is -0.222. The van der Waals surface area contributed by atoms with Gasteiger partial charge in [0.15, 0.2) is 6.10 Å². The highest BCUT2D eigenvalue weighted by Crippen LogP contribution is 2.35.